The average molecular weight is 220 g/mol. The molecular weight excluding hydrogens is 210 g/mol. The number of hydrogen-bond donors (Lipinski definition) is 0. The van der Waals surface area contributed by atoms with E-state index in [-0.39, 0.29) is 5.78 Å². The number of carbonyl (C=O) groups excluding carboxylic acids is 1. The summed E-state index contributed by atoms with van der Waals surface area (Å²) in [6.07, 6.45) is 0. The van der Waals surface area contributed by atoms with Crippen LogP contribution in [0.15, 0.2) is 24.3 Å². The van der Waals surface area contributed by atoms with Crippen molar-refractivity contribution in [1.82, 2.24) is 4.98 Å². The van der Waals surface area contributed by atoms with Gasteiger partial charge in [0.05, 0.1) is 5.52 Å². The van der Waals surface area contributed by atoms with Gasteiger partial charge in [0, 0.05) is 21.7 Å². The van der Waals surface area contributed by atoms with Crippen LogP contribution in [0.1, 0.15) is 23.0 Å². The van der Waals surface area contributed by atoms with Gasteiger partial charge in [0.2, 0.25) is 0 Å². The maximum absolute atomic E-state index is 11.4. The monoisotopic (exact) mass is 219 g/mol. The van der Waals surface area contributed by atoms with E-state index in [2.05, 4.69) is 4.98 Å². The molecule has 0 aliphatic heterocycles. The third-order valence-electron chi connectivity index (χ3n) is 2.28. The first-order valence-corrected chi connectivity index (χ1v) is 5.03. The molecule has 0 N–H and O–H groups in total. The standard InChI is InChI=1S/C12H10ClNO/c1-7-5-11(8(2)15)10-4-3-9(13)6-12(10)14-7/h3-6H,1-2H3. The molecule has 2 aromatic rings. The molecule has 0 atom stereocenters. The van der Waals surface area contributed by atoms with Gasteiger partial charge in [-0.15, -0.1) is 0 Å². The van der Waals surface area contributed by atoms with Gasteiger partial charge in [-0.1, -0.05) is 17.7 Å². The maximum Gasteiger partial charge on any atom is 0.160 e. The lowest BCUT2D eigenvalue weighted by Crippen LogP contribution is -1.97. The summed E-state index contributed by atoms with van der Waals surface area (Å²) in [5.41, 5.74) is 2.30. The molecule has 0 saturated carbocycles. The van der Waals surface area contributed by atoms with Crippen molar-refractivity contribution < 1.29 is 4.79 Å². The van der Waals surface area contributed by atoms with Crippen molar-refractivity contribution in [1.29, 1.82) is 0 Å². The van der Waals surface area contributed by atoms with Gasteiger partial charge in [-0.25, -0.2) is 0 Å². The normalized spacial score (nSPS) is 10.6. The minimum Gasteiger partial charge on any atom is -0.294 e. The van der Waals surface area contributed by atoms with Gasteiger partial charge in [-0.05, 0) is 32.0 Å². The molecule has 1 aromatic carbocycles. The van der Waals surface area contributed by atoms with Crippen LogP contribution < -0.4 is 0 Å². The number of fused-ring (bicyclic) bond motifs is 1. The van der Waals surface area contributed by atoms with Crippen molar-refractivity contribution in [3.63, 3.8) is 0 Å². The highest BCUT2D eigenvalue weighted by molar-refractivity contribution is 6.31. The Bertz CT molecular complexity index is 543. The second-order valence-electron chi connectivity index (χ2n) is 3.53. The third-order valence-corrected chi connectivity index (χ3v) is 2.51. The van der Waals surface area contributed by atoms with E-state index in [1.807, 2.05) is 13.0 Å². The number of hydrogen-bond acceptors (Lipinski definition) is 2. The van der Waals surface area contributed by atoms with Crippen molar-refractivity contribution in [2.75, 3.05) is 0 Å². The number of carbonyl (C=O) groups is 1. The van der Waals surface area contributed by atoms with Crippen LogP contribution in [-0.4, -0.2) is 10.8 Å². The fraction of sp³-hybridized carbons (Fsp3) is 0.167. The van der Waals surface area contributed by atoms with Gasteiger partial charge in [-0.2, -0.15) is 0 Å². The number of ketones is 1. The zero-order chi connectivity index (χ0) is 11.0. The summed E-state index contributed by atoms with van der Waals surface area (Å²) < 4.78 is 0. The van der Waals surface area contributed by atoms with Gasteiger partial charge in [0.25, 0.3) is 0 Å². The number of benzene rings is 1. The highest BCUT2D eigenvalue weighted by atomic mass is 35.5. The molecule has 0 aliphatic rings. The number of rotatable bonds is 1. The third kappa shape index (κ3) is 1.85. The van der Waals surface area contributed by atoms with Crippen LogP contribution in [0.5, 0.6) is 0 Å². The van der Waals surface area contributed by atoms with E-state index in [4.69, 9.17) is 11.6 Å². The summed E-state index contributed by atoms with van der Waals surface area (Å²) in [5.74, 6) is 0.0489. The van der Waals surface area contributed by atoms with Crippen LogP contribution in [0.2, 0.25) is 5.02 Å². The van der Waals surface area contributed by atoms with E-state index < -0.39 is 0 Å². The lowest BCUT2D eigenvalue weighted by molar-refractivity contribution is 0.101. The van der Waals surface area contributed by atoms with Crippen LogP contribution in [-0.2, 0) is 0 Å². The fourth-order valence-electron chi connectivity index (χ4n) is 1.63. The minimum absolute atomic E-state index is 0.0489. The Morgan fingerprint density at radius 3 is 2.73 bits per heavy atom. The summed E-state index contributed by atoms with van der Waals surface area (Å²) in [6.45, 7) is 3.43. The molecule has 0 amide bonds. The molecule has 76 valence electrons. The number of pyridine rings is 1. The molecule has 2 rings (SSSR count). The second kappa shape index (κ2) is 3.63. The zero-order valence-electron chi connectivity index (χ0n) is 8.54. The summed E-state index contributed by atoms with van der Waals surface area (Å²) in [7, 11) is 0. The molecule has 0 aliphatic carbocycles. The van der Waals surface area contributed by atoms with Crippen molar-refractivity contribution in [3.8, 4) is 0 Å². The predicted molar refractivity (Wildman–Crippen MR) is 61.5 cm³/mol. The lowest BCUT2D eigenvalue weighted by atomic mass is 10.1. The van der Waals surface area contributed by atoms with E-state index in [9.17, 15) is 4.79 Å². The first kappa shape index (κ1) is 10.1. The number of aryl methyl sites for hydroxylation is 1. The molecule has 0 bridgehead atoms. The topological polar surface area (TPSA) is 30.0 Å². The average Bonchev–Trinajstić information content (AvgIpc) is 2.15. The predicted octanol–water partition coefficient (Wildman–Crippen LogP) is 3.40. The molecular formula is C12H10ClNO. The minimum atomic E-state index is 0.0489. The van der Waals surface area contributed by atoms with Crippen molar-refractivity contribution in [3.05, 3.63) is 40.5 Å². The van der Waals surface area contributed by atoms with E-state index in [0.717, 1.165) is 16.6 Å². The van der Waals surface area contributed by atoms with Crippen molar-refractivity contribution >= 4 is 28.3 Å². The summed E-state index contributed by atoms with van der Waals surface area (Å²) in [6, 6.07) is 7.18. The zero-order valence-corrected chi connectivity index (χ0v) is 9.30. The van der Waals surface area contributed by atoms with Crippen LogP contribution in [0.4, 0.5) is 0 Å². The van der Waals surface area contributed by atoms with Gasteiger partial charge >= 0.3 is 0 Å². The van der Waals surface area contributed by atoms with E-state index >= 15 is 0 Å². The van der Waals surface area contributed by atoms with Crippen LogP contribution in [0.25, 0.3) is 10.9 Å². The molecule has 0 radical (unpaired) electrons. The first-order chi connectivity index (χ1) is 7.08. The molecule has 0 saturated heterocycles. The van der Waals surface area contributed by atoms with Gasteiger partial charge in [0.15, 0.2) is 5.78 Å². The van der Waals surface area contributed by atoms with Crippen LogP contribution in [0, 0.1) is 6.92 Å². The van der Waals surface area contributed by atoms with E-state index in [1.165, 1.54) is 0 Å². The molecule has 2 nitrogen and oxygen atoms in total. The summed E-state index contributed by atoms with van der Waals surface area (Å²) in [5, 5.41) is 1.49. The Hall–Kier alpha value is -1.41. The van der Waals surface area contributed by atoms with Gasteiger partial charge in [0.1, 0.15) is 0 Å². The molecule has 1 heterocycles. The molecule has 1 aromatic heterocycles. The number of nitrogens with zero attached hydrogens (tertiary/aromatic N) is 1. The fourth-order valence-corrected chi connectivity index (χ4v) is 1.79. The van der Waals surface area contributed by atoms with Crippen molar-refractivity contribution in [2.24, 2.45) is 0 Å². The Labute approximate surface area is 92.9 Å². The van der Waals surface area contributed by atoms with E-state index in [0.29, 0.717) is 10.6 Å². The van der Waals surface area contributed by atoms with Gasteiger partial charge in [-0.3, -0.25) is 9.78 Å². The Kier molecular flexibility index (Phi) is 2.45. The van der Waals surface area contributed by atoms with E-state index in [1.54, 1.807) is 25.1 Å². The number of halogens is 1. The number of Topliss-reactive ketones (excluding diaryl/α,β-unsaturated/α-hetero) is 1. The molecule has 15 heavy (non-hydrogen) atoms. The summed E-state index contributed by atoms with van der Waals surface area (Å²) in [4.78, 5) is 15.8. The molecule has 0 spiro atoms. The van der Waals surface area contributed by atoms with Crippen molar-refractivity contribution in [2.45, 2.75) is 13.8 Å². The molecule has 0 fully saturated rings. The highest BCUT2D eigenvalue weighted by Gasteiger charge is 2.07. The Morgan fingerprint density at radius 1 is 1.33 bits per heavy atom. The molecule has 0 unspecified atom stereocenters. The SMILES string of the molecule is CC(=O)c1cc(C)nc2cc(Cl)ccc12. The second-order valence-corrected chi connectivity index (χ2v) is 3.97. The largest absolute Gasteiger partial charge is 0.294 e. The smallest absolute Gasteiger partial charge is 0.160 e. The number of aromatic nitrogens is 1. The Balaban J connectivity index is 2.86. The van der Waals surface area contributed by atoms with Crippen LogP contribution >= 0.6 is 11.6 Å². The van der Waals surface area contributed by atoms with Gasteiger partial charge < -0.3 is 0 Å². The lowest BCUT2D eigenvalue weighted by Gasteiger charge is -2.04. The quantitative estimate of drug-likeness (QED) is 0.688. The first-order valence-electron chi connectivity index (χ1n) is 4.66. The molecule has 3 heteroatoms. The summed E-state index contributed by atoms with van der Waals surface area (Å²) >= 11 is 5.88. The highest BCUT2D eigenvalue weighted by Crippen LogP contribution is 2.22. The van der Waals surface area contributed by atoms with Crippen LogP contribution in [0.3, 0.4) is 0 Å². The Morgan fingerprint density at radius 2 is 2.07 bits per heavy atom. The maximum atomic E-state index is 11.4.